The molecule has 1 amide bonds. The molecular formula is C27H31F3N6O2. The Morgan fingerprint density at radius 1 is 1.00 bits per heavy atom. The monoisotopic (exact) mass is 528 g/mol. The van der Waals surface area contributed by atoms with Crippen molar-refractivity contribution in [3.8, 4) is 11.6 Å². The van der Waals surface area contributed by atoms with Crippen LogP contribution in [0.5, 0.6) is 11.6 Å². The number of halogens is 3. The first-order valence-corrected chi connectivity index (χ1v) is 12.4. The molecule has 2 aromatic carbocycles. The van der Waals surface area contributed by atoms with Gasteiger partial charge in [0.05, 0.1) is 12.0 Å². The number of carbonyl (C=O) groups excluding carboxylic acids is 1. The fraction of sp³-hybridized carbons (Fsp3) is 0.370. The van der Waals surface area contributed by atoms with Crippen LogP contribution in [0.3, 0.4) is 0 Å². The first-order valence-electron chi connectivity index (χ1n) is 12.4. The number of likely N-dealkylation sites (N-methyl/N-ethyl adjacent to an activating group) is 1. The van der Waals surface area contributed by atoms with Crippen LogP contribution in [-0.4, -0.2) is 65.4 Å². The number of amides is 1. The summed E-state index contributed by atoms with van der Waals surface area (Å²) in [4.78, 5) is 25.0. The molecule has 0 bridgehead atoms. The lowest BCUT2D eigenvalue weighted by molar-refractivity contribution is -0.138. The second kappa shape index (κ2) is 12.2. The van der Waals surface area contributed by atoms with Crippen molar-refractivity contribution in [3.63, 3.8) is 0 Å². The van der Waals surface area contributed by atoms with Crippen LogP contribution >= 0.6 is 0 Å². The van der Waals surface area contributed by atoms with E-state index in [1.54, 1.807) is 37.4 Å². The lowest BCUT2D eigenvalue weighted by atomic mass is 10.0. The Kier molecular flexibility index (Phi) is 8.80. The lowest BCUT2D eigenvalue weighted by Gasteiger charge is -2.34. The smallest absolute Gasteiger partial charge is 0.416 e. The van der Waals surface area contributed by atoms with Crippen LogP contribution in [-0.2, 0) is 23.9 Å². The van der Waals surface area contributed by atoms with Crippen molar-refractivity contribution in [1.29, 1.82) is 0 Å². The average molecular weight is 529 g/mol. The van der Waals surface area contributed by atoms with Crippen molar-refractivity contribution in [2.45, 2.75) is 26.1 Å². The molecule has 0 radical (unpaired) electrons. The number of ether oxygens (including phenoxy) is 1. The standard InChI is InChI=1S/C27H31F3N6O2/c1-3-35-10-12-36(13-11-35)17-20-6-7-21(15-23(20)27(28,29)30)34-25(37)14-19-4-8-22(9-5-19)38-26-16-24(31-2)32-18-33-26/h4-9,15-16,18H,3,10-14,17H2,1-2H3,(H,34,37)(H,31,32,33). The summed E-state index contributed by atoms with van der Waals surface area (Å²) >= 11 is 0. The van der Waals surface area contributed by atoms with E-state index in [9.17, 15) is 18.0 Å². The Bertz CT molecular complexity index is 1230. The van der Waals surface area contributed by atoms with Gasteiger partial charge in [-0.3, -0.25) is 9.69 Å². The normalized spacial score (nSPS) is 14.8. The van der Waals surface area contributed by atoms with Gasteiger partial charge in [0.1, 0.15) is 17.9 Å². The third-order valence-electron chi connectivity index (χ3n) is 6.41. The number of hydrogen-bond acceptors (Lipinski definition) is 7. The van der Waals surface area contributed by atoms with Crippen LogP contribution in [0.25, 0.3) is 0 Å². The average Bonchev–Trinajstić information content (AvgIpc) is 2.90. The van der Waals surface area contributed by atoms with E-state index in [2.05, 4.69) is 32.4 Å². The molecule has 0 aliphatic carbocycles. The first-order chi connectivity index (χ1) is 18.2. The van der Waals surface area contributed by atoms with Gasteiger partial charge in [-0.1, -0.05) is 25.1 Å². The van der Waals surface area contributed by atoms with Gasteiger partial charge in [0, 0.05) is 51.5 Å². The number of nitrogens with zero attached hydrogens (tertiary/aromatic N) is 4. The number of carbonyl (C=O) groups is 1. The quantitative estimate of drug-likeness (QED) is 0.419. The van der Waals surface area contributed by atoms with E-state index < -0.39 is 17.6 Å². The molecule has 2 N–H and O–H groups in total. The van der Waals surface area contributed by atoms with E-state index in [-0.39, 0.29) is 24.2 Å². The van der Waals surface area contributed by atoms with E-state index in [1.165, 1.54) is 18.5 Å². The molecule has 2 heterocycles. The van der Waals surface area contributed by atoms with Crippen LogP contribution in [0, 0.1) is 0 Å². The number of hydrogen-bond donors (Lipinski definition) is 2. The molecule has 4 rings (SSSR count). The molecule has 38 heavy (non-hydrogen) atoms. The van der Waals surface area contributed by atoms with Gasteiger partial charge in [-0.25, -0.2) is 9.97 Å². The molecule has 0 atom stereocenters. The zero-order valence-electron chi connectivity index (χ0n) is 21.4. The van der Waals surface area contributed by atoms with E-state index in [0.717, 1.165) is 38.8 Å². The SMILES string of the molecule is CCN1CCN(Cc2ccc(NC(=O)Cc3ccc(Oc4cc(NC)ncn4)cc3)cc2C(F)(F)F)CC1. The summed E-state index contributed by atoms with van der Waals surface area (Å²) in [5.74, 6) is 1.09. The minimum Gasteiger partial charge on any atom is -0.439 e. The minimum atomic E-state index is -4.52. The highest BCUT2D eigenvalue weighted by Crippen LogP contribution is 2.34. The summed E-state index contributed by atoms with van der Waals surface area (Å²) in [6.45, 7) is 6.38. The molecule has 202 valence electrons. The molecule has 1 aromatic heterocycles. The molecule has 1 saturated heterocycles. The predicted octanol–water partition coefficient (Wildman–Crippen LogP) is 4.65. The molecule has 1 fully saturated rings. The topological polar surface area (TPSA) is 82.6 Å². The molecule has 11 heteroatoms. The minimum absolute atomic E-state index is 0.00248. The van der Waals surface area contributed by atoms with Gasteiger partial charge >= 0.3 is 6.18 Å². The number of benzene rings is 2. The number of anilines is 2. The van der Waals surface area contributed by atoms with Gasteiger partial charge in [0.25, 0.3) is 0 Å². The van der Waals surface area contributed by atoms with Crippen molar-refractivity contribution < 1.29 is 22.7 Å². The molecule has 3 aromatic rings. The molecule has 8 nitrogen and oxygen atoms in total. The van der Waals surface area contributed by atoms with Gasteiger partial charge in [-0.05, 0) is 41.9 Å². The number of aromatic nitrogens is 2. The predicted molar refractivity (Wildman–Crippen MR) is 139 cm³/mol. The maximum atomic E-state index is 13.9. The summed E-state index contributed by atoms with van der Waals surface area (Å²) in [6.07, 6.45) is -3.14. The Hall–Kier alpha value is -3.70. The zero-order valence-corrected chi connectivity index (χ0v) is 21.4. The van der Waals surface area contributed by atoms with Crippen molar-refractivity contribution in [2.75, 3.05) is 50.4 Å². The molecule has 1 aliphatic heterocycles. The molecule has 0 spiro atoms. The highest BCUT2D eigenvalue weighted by Gasteiger charge is 2.34. The van der Waals surface area contributed by atoms with Crippen molar-refractivity contribution in [2.24, 2.45) is 0 Å². The Balaban J connectivity index is 1.37. The summed E-state index contributed by atoms with van der Waals surface area (Å²) in [5, 5.41) is 5.50. The van der Waals surface area contributed by atoms with Crippen LogP contribution < -0.4 is 15.4 Å². The fourth-order valence-corrected chi connectivity index (χ4v) is 4.28. The highest BCUT2D eigenvalue weighted by molar-refractivity contribution is 5.92. The van der Waals surface area contributed by atoms with Gasteiger partial charge in [0.15, 0.2) is 0 Å². The second-order valence-electron chi connectivity index (χ2n) is 9.04. The fourth-order valence-electron chi connectivity index (χ4n) is 4.28. The van der Waals surface area contributed by atoms with E-state index >= 15 is 0 Å². The van der Waals surface area contributed by atoms with Crippen molar-refractivity contribution in [1.82, 2.24) is 19.8 Å². The summed E-state index contributed by atoms with van der Waals surface area (Å²) in [5.41, 5.74) is 0.292. The van der Waals surface area contributed by atoms with Gasteiger partial charge in [-0.2, -0.15) is 13.2 Å². The van der Waals surface area contributed by atoms with Crippen LogP contribution in [0.4, 0.5) is 24.7 Å². The lowest BCUT2D eigenvalue weighted by Crippen LogP contribution is -2.45. The molecule has 0 unspecified atom stereocenters. The summed E-state index contributed by atoms with van der Waals surface area (Å²) in [7, 11) is 1.74. The zero-order chi connectivity index (χ0) is 27.1. The largest absolute Gasteiger partial charge is 0.439 e. The third kappa shape index (κ3) is 7.42. The van der Waals surface area contributed by atoms with Crippen LogP contribution in [0.2, 0.25) is 0 Å². The summed E-state index contributed by atoms with van der Waals surface area (Å²) in [6, 6.07) is 12.5. The number of nitrogens with one attached hydrogen (secondary N) is 2. The van der Waals surface area contributed by atoms with E-state index in [0.29, 0.717) is 23.0 Å². The van der Waals surface area contributed by atoms with Crippen molar-refractivity contribution in [3.05, 3.63) is 71.5 Å². The van der Waals surface area contributed by atoms with E-state index in [1.807, 2.05) is 4.90 Å². The van der Waals surface area contributed by atoms with Gasteiger partial charge < -0.3 is 20.3 Å². The van der Waals surface area contributed by atoms with Crippen molar-refractivity contribution >= 4 is 17.4 Å². The number of piperazine rings is 1. The highest BCUT2D eigenvalue weighted by atomic mass is 19.4. The maximum Gasteiger partial charge on any atom is 0.416 e. The Morgan fingerprint density at radius 3 is 2.37 bits per heavy atom. The van der Waals surface area contributed by atoms with Gasteiger partial charge in [0.2, 0.25) is 11.8 Å². The van der Waals surface area contributed by atoms with E-state index in [4.69, 9.17) is 4.74 Å². The number of rotatable bonds is 9. The van der Waals surface area contributed by atoms with Crippen LogP contribution in [0.1, 0.15) is 23.6 Å². The maximum absolute atomic E-state index is 13.9. The second-order valence-corrected chi connectivity index (χ2v) is 9.04. The molecular weight excluding hydrogens is 497 g/mol. The summed E-state index contributed by atoms with van der Waals surface area (Å²) < 4.78 is 47.3. The van der Waals surface area contributed by atoms with Crippen LogP contribution in [0.15, 0.2) is 54.9 Å². The first kappa shape index (κ1) is 27.3. The molecule has 1 aliphatic rings. The third-order valence-corrected chi connectivity index (χ3v) is 6.41. The molecule has 0 saturated carbocycles. The Morgan fingerprint density at radius 2 is 1.71 bits per heavy atom. The Labute approximate surface area is 219 Å². The van der Waals surface area contributed by atoms with Gasteiger partial charge in [-0.15, -0.1) is 0 Å². The number of alkyl halides is 3.